The van der Waals surface area contributed by atoms with Crippen molar-refractivity contribution in [2.24, 2.45) is 7.05 Å². The van der Waals surface area contributed by atoms with Gasteiger partial charge in [-0.25, -0.2) is 0 Å². The van der Waals surface area contributed by atoms with E-state index in [0.29, 0.717) is 51.2 Å². The Kier molecular flexibility index (Phi) is 9.11. The topological polar surface area (TPSA) is 87.5 Å². The van der Waals surface area contributed by atoms with Gasteiger partial charge in [0.2, 0.25) is 5.91 Å². The maximum absolute atomic E-state index is 12.4. The van der Waals surface area contributed by atoms with Crippen LogP contribution in [0.15, 0.2) is 41.6 Å². The van der Waals surface area contributed by atoms with E-state index in [-0.39, 0.29) is 11.7 Å². The average Bonchev–Trinajstić information content (AvgIpc) is 3.16. The van der Waals surface area contributed by atoms with Crippen LogP contribution in [-0.4, -0.2) is 47.3 Å². The van der Waals surface area contributed by atoms with Crippen LogP contribution in [0.2, 0.25) is 10.0 Å². The van der Waals surface area contributed by atoms with Gasteiger partial charge in [0, 0.05) is 24.6 Å². The number of thioether (sulfide) groups is 1. The van der Waals surface area contributed by atoms with Crippen molar-refractivity contribution in [3.63, 3.8) is 0 Å². The van der Waals surface area contributed by atoms with Gasteiger partial charge in [0.15, 0.2) is 5.16 Å². The van der Waals surface area contributed by atoms with Crippen molar-refractivity contribution in [2.45, 2.75) is 18.0 Å². The summed E-state index contributed by atoms with van der Waals surface area (Å²) in [4.78, 5) is 12.4. The summed E-state index contributed by atoms with van der Waals surface area (Å²) in [6.07, 6.45) is 1.40. The minimum absolute atomic E-state index is 0.179. The first-order valence-corrected chi connectivity index (χ1v) is 11.8. The van der Waals surface area contributed by atoms with Gasteiger partial charge < -0.3 is 24.1 Å². The average molecular weight is 511 g/mol. The minimum Gasteiger partial charge on any atom is -0.497 e. The van der Waals surface area contributed by atoms with E-state index in [1.165, 1.54) is 18.9 Å². The summed E-state index contributed by atoms with van der Waals surface area (Å²) in [5.74, 6) is 2.57. The van der Waals surface area contributed by atoms with E-state index < -0.39 is 0 Å². The van der Waals surface area contributed by atoms with Gasteiger partial charge >= 0.3 is 0 Å². The molecule has 1 heterocycles. The Labute approximate surface area is 206 Å². The van der Waals surface area contributed by atoms with E-state index in [1.54, 1.807) is 43.5 Å². The highest BCUT2D eigenvalue weighted by Gasteiger charge is 2.13. The predicted octanol–water partition coefficient (Wildman–Crippen LogP) is 4.88. The van der Waals surface area contributed by atoms with Crippen LogP contribution in [0.4, 0.5) is 5.69 Å². The van der Waals surface area contributed by atoms with Gasteiger partial charge in [-0.2, -0.15) is 0 Å². The molecule has 0 saturated heterocycles. The lowest BCUT2D eigenvalue weighted by atomic mass is 10.2. The lowest BCUT2D eigenvalue weighted by Crippen LogP contribution is -2.15. The number of hydrogen-bond acceptors (Lipinski definition) is 7. The summed E-state index contributed by atoms with van der Waals surface area (Å²) in [6.45, 7) is 0.475. The van der Waals surface area contributed by atoms with Crippen molar-refractivity contribution < 1.29 is 19.0 Å². The molecule has 11 heteroatoms. The molecule has 8 nitrogen and oxygen atoms in total. The van der Waals surface area contributed by atoms with Crippen molar-refractivity contribution in [3.05, 3.63) is 52.3 Å². The highest BCUT2D eigenvalue weighted by molar-refractivity contribution is 7.99. The van der Waals surface area contributed by atoms with E-state index in [9.17, 15) is 4.79 Å². The summed E-state index contributed by atoms with van der Waals surface area (Å²) in [5.41, 5.74) is 0.573. The number of halogens is 2. The molecule has 0 aliphatic carbocycles. The normalized spacial score (nSPS) is 10.7. The number of carbonyl (C=O) groups is 1. The fourth-order valence-electron chi connectivity index (χ4n) is 2.91. The lowest BCUT2D eigenvalue weighted by molar-refractivity contribution is -0.113. The molecule has 0 aliphatic heterocycles. The molecule has 1 amide bonds. The molecule has 3 rings (SSSR count). The zero-order valence-electron chi connectivity index (χ0n) is 18.4. The molecule has 0 radical (unpaired) electrons. The maximum Gasteiger partial charge on any atom is 0.234 e. The van der Waals surface area contributed by atoms with Crippen molar-refractivity contribution in [2.75, 3.05) is 31.9 Å². The van der Waals surface area contributed by atoms with Crippen molar-refractivity contribution >= 4 is 46.6 Å². The van der Waals surface area contributed by atoms with Crippen LogP contribution in [-0.2, 0) is 18.3 Å². The first kappa shape index (κ1) is 25.0. The largest absolute Gasteiger partial charge is 0.497 e. The summed E-state index contributed by atoms with van der Waals surface area (Å²) >= 11 is 13.3. The Balaban J connectivity index is 1.47. The highest BCUT2D eigenvalue weighted by Crippen LogP contribution is 2.30. The molecule has 176 valence electrons. The summed E-state index contributed by atoms with van der Waals surface area (Å²) in [6, 6.07) is 10.3. The summed E-state index contributed by atoms with van der Waals surface area (Å²) in [5, 5.41) is 13.0. The van der Waals surface area contributed by atoms with Gasteiger partial charge in [0.1, 0.15) is 23.1 Å². The Hall–Kier alpha value is -2.62. The van der Waals surface area contributed by atoms with Crippen LogP contribution in [0.5, 0.6) is 17.2 Å². The molecule has 0 aliphatic rings. The monoisotopic (exact) mass is 510 g/mol. The molecular formula is C22H24Cl2N4O4S. The third-order valence-electron chi connectivity index (χ3n) is 4.64. The van der Waals surface area contributed by atoms with E-state index in [1.807, 2.05) is 11.6 Å². The van der Waals surface area contributed by atoms with Crippen molar-refractivity contribution in [3.8, 4) is 17.2 Å². The standard InChI is InChI=1S/C22H24Cl2N4O4S/c1-28-20(5-4-10-32-18-9-6-14(23)11-16(18)24)26-27-22(28)33-13-21(29)25-17-8-7-15(30-2)12-19(17)31-3/h6-9,11-12H,4-5,10,13H2,1-3H3,(H,25,29). The first-order valence-electron chi connectivity index (χ1n) is 10.0. The Morgan fingerprint density at radius 2 is 1.91 bits per heavy atom. The number of methoxy groups -OCH3 is 2. The second kappa shape index (κ2) is 12.0. The highest BCUT2D eigenvalue weighted by atomic mass is 35.5. The van der Waals surface area contributed by atoms with Crippen LogP contribution >= 0.6 is 35.0 Å². The smallest absolute Gasteiger partial charge is 0.234 e. The van der Waals surface area contributed by atoms with E-state index in [4.69, 9.17) is 37.4 Å². The third kappa shape index (κ3) is 6.93. The summed E-state index contributed by atoms with van der Waals surface area (Å²) < 4.78 is 18.1. The second-order valence-electron chi connectivity index (χ2n) is 6.89. The number of amides is 1. The molecule has 0 saturated carbocycles. The first-order chi connectivity index (χ1) is 15.9. The van der Waals surface area contributed by atoms with E-state index in [0.717, 1.165) is 12.2 Å². The number of nitrogens with one attached hydrogen (secondary N) is 1. The molecule has 0 fully saturated rings. The molecule has 0 unspecified atom stereocenters. The number of rotatable bonds is 11. The number of carbonyl (C=O) groups excluding carboxylic acids is 1. The SMILES string of the molecule is COc1ccc(NC(=O)CSc2nnc(CCCOc3ccc(Cl)cc3Cl)n2C)c(OC)c1. The molecular weight excluding hydrogens is 487 g/mol. The number of nitrogens with zero attached hydrogens (tertiary/aromatic N) is 3. The quantitative estimate of drug-likeness (QED) is 0.290. The number of hydrogen-bond donors (Lipinski definition) is 1. The van der Waals surface area contributed by atoms with E-state index in [2.05, 4.69) is 15.5 Å². The lowest BCUT2D eigenvalue weighted by Gasteiger charge is -2.11. The van der Waals surface area contributed by atoms with Gasteiger partial charge in [-0.1, -0.05) is 35.0 Å². The molecule has 0 bridgehead atoms. The molecule has 1 N–H and O–H groups in total. The van der Waals surface area contributed by atoms with Gasteiger partial charge in [-0.15, -0.1) is 10.2 Å². The van der Waals surface area contributed by atoms with Gasteiger partial charge in [-0.3, -0.25) is 4.79 Å². The predicted molar refractivity (Wildman–Crippen MR) is 130 cm³/mol. The van der Waals surface area contributed by atoms with Crippen LogP contribution < -0.4 is 19.5 Å². The Morgan fingerprint density at radius 1 is 1.09 bits per heavy atom. The molecule has 3 aromatic rings. The number of ether oxygens (including phenoxy) is 3. The fraction of sp³-hybridized carbons (Fsp3) is 0.318. The third-order valence-corrected chi connectivity index (χ3v) is 6.19. The van der Waals surface area contributed by atoms with Crippen molar-refractivity contribution in [1.29, 1.82) is 0 Å². The molecule has 2 aromatic carbocycles. The second-order valence-corrected chi connectivity index (χ2v) is 8.67. The number of anilines is 1. The van der Waals surface area contributed by atoms with Crippen LogP contribution in [0.25, 0.3) is 0 Å². The van der Waals surface area contributed by atoms with Gasteiger partial charge in [-0.05, 0) is 36.8 Å². The van der Waals surface area contributed by atoms with Crippen LogP contribution in [0.3, 0.4) is 0 Å². The zero-order valence-corrected chi connectivity index (χ0v) is 20.8. The number of aromatic nitrogens is 3. The molecule has 33 heavy (non-hydrogen) atoms. The summed E-state index contributed by atoms with van der Waals surface area (Å²) in [7, 11) is 4.98. The number of aryl methyl sites for hydroxylation is 1. The van der Waals surface area contributed by atoms with Gasteiger partial charge in [0.05, 0.1) is 37.3 Å². The molecule has 1 aromatic heterocycles. The fourth-order valence-corrected chi connectivity index (χ4v) is 4.10. The minimum atomic E-state index is -0.179. The molecule has 0 spiro atoms. The maximum atomic E-state index is 12.4. The molecule has 0 atom stereocenters. The Bertz CT molecular complexity index is 1110. The van der Waals surface area contributed by atoms with Gasteiger partial charge in [0.25, 0.3) is 0 Å². The zero-order chi connectivity index (χ0) is 23.8. The van der Waals surface area contributed by atoms with Crippen LogP contribution in [0, 0.1) is 0 Å². The van der Waals surface area contributed by atoms with Crippen LogP contribution in [0.1, 0.15) is 12.2 Å². The number of benzene rings is 2. The van der Waals surface area contributed by atoms with Crippen molar-refractivity contribution in [1.82, 2.24) is 14.8 Å². The van der Waals surface area contributed by atoms with E-state index >= 15 is 0 Å². The Morgan fingerprint density at radius 3 is 2.64 bits per heavy atom.